The van der Waals surface area contributed by atoms with Crippen molar-refractivity contribution < 1.29 is 9.47 Å². The highest BCUT2D eigenvalue weighted by Gasteiger charge is 2.24. The maximum Gasteiger partial charge on any atom is 0.161 e. The Labute approximate surface area is 202 Å². The van der Waals surface area contributed by atoms with Gasteiger partial charge in [0.05, 0.1) is 24.9 Å². The molecule has 0 amide bonds. The van der Waals surface area contributed by atoms with Gasteiger partial charge in [-0.2, -0.15) is 0 Å². The van der Waals surface area contributed by atoms with Gasteiger partial charge in [-0.15, -0.1) is 0 Å². The predicted octanol–water partition coefficient (Wildman–Crippen LogP) is 7.01. The fourth-order valence-corrected chi connectivity index (χ4v) is 5.15. The Balaban J connectivity index is 1.64. The largest absolute Gasteiger partial charge is 0.493 e. The number of pyridine rings is 1. The van der Waals surface area contributed by atoms with Gasteiger partial charge < -0.3 is 9.47 Å². The molecule has 4 nitrogen and oxygen atoms in total. The van der Waals surface area contributed by atoms with Crippen molar-refractivity contribution in [2.24, 2.45) is 0 Å². The number of methoxy groups -OCH3 is 1. The van der Waals surface area contributed by atoms with Crippen molar-refractivity contribution in [1.82, 2.24) is 9.88 Å². The van der Waals surface area contributed by atoms with E-state index in [-0.39, 0.29) is 0 Å². The first-order valence-electron chi connectivity index (χ1n) is 12.6. The lowest BCUT2D eigenvalue weighted by atomic mass is 9.89. The summed E-state index contributed by atoms with van der Waals surface area (Å²) >= 11 is 0. The minimum Gasteiger partial charge on any atom is -0.493 e. The summed E-state index contributed by atoms with van der Waals surface area (Å²) in [7, 11) is 1.71. The molecule has 0 unspecified atom stereocenters. The Morgan fingerprint density at radius 3 is 2.65 bits per heavy atom. The van der Waals surface area contributed by atoms with Gasteiger partial charge in [-0.25, -0.2) is 4.98 Å². The van der Waals surface area contributed by atoms with Crippen molar-refractivity contribution in [3.63, 3.8) is 0 Å². The molecule has 0 saturated carbocycles. The summed E-state index contributed by atoms with van der Waals surface area (Å²) in [6.45, 7) is 8.20. The van der Waals surface area contributed by atoms with Gasteiger partial charge in [0.1, 0.15) is 0 Å². The number of aromatic nitrogens is 1. The first-order valence-corrected chi connectivity index (χ1v) is 12.6. The third-order valence-electron chi connectivity index (χ3n) is 7.04. The van der Waals surface area contributed by atoms with Gasteiger partial charge in [-0.05, 0) is 65.6 Å². The average molecular weight is 455 g/mol. The third-order valence-corrected chi connectivity index (χ3v) is 7.04. The van der Waals surface area contributed by atoms with Crippen molar-refractivity contribution in [2.75, 3.05) is 26.8 Å². The monoisotopic (exact) mass is 454 g/mol. The lowest BCUT2D eigenvalue weighted by molar-refractivity contribution is 0.269. The third kappa shape index (κ3) is 4.23. The molecular formula is C30H34N2O2. The Morgan fingerprint density at radius 1 is 0.941 bits per heavy atom. The summed E-state index contributed by atoms with van der Waals surface area (Å²) in [5.74, 6) is 1.57. The van der Waals surface area contributed by atoms with Crippen molar-refractivity contribution in [2.45, 2.75) is 46.1 Å². The summed E-state index contributed by atoms with van der Waals surface area (Å²) in [6.07, 6.45) is 4.46. The quantitative estimate of drug-likeness (QED) is 0.212. The molecule has 3 aromatic carbocycles. The molecular weight excluding hydrogens is 420 g/mol. The van der Waals surface area contributed by atoms with Crippen LogP contribution in [0.3, 0.4) is 0 Å². The summed E-state index contributed by atoms with van der Waals surface area (Å²) in [4.78, 5) is 7.75. The molecule has 0 saturated heterocycles. The van der Waals surface area contributed by atoms with Gasteiger partial charge in [0.25, 0.3) is 0 Å². The minimum atomic E-state index is 0.714. The van der Waals surface area contributed by atoms with Crippen LogP contribution < -0.4 is 9.47 Å². The molecule has 1 aromatic heterocycles. The van der Waals surface area contributed by atoms with Crippen molar-refractivity contribution in [3.8, 4) is 22.8 Å². The van der Waals surface area contributed by atoms with Crippen LogP contribution in [0.5, 0.6) is 11.5 Å². The predicted molar refractivity (Wildman–Crippen MR) is 141 cm³/mol. The molecule has 5 rings (SSSR count). The number of nitrogens with zero attached hydrogens (tertiary/aromatic N) is 2. The van der Waals surface area contributed by atoms with Crippen LogP contribution in [-0.4, -0.2) is 36.7 Å². The van der Waals surface area contributed by atoms with E-state index in [2.05, 4.69) is 67.3 Å². The van der Waals surface area contributed by atoms with E-state index in [0.717, 1.165) is 60.7 Å². The van der Waals surface area contributed by atoms with Gasteiger partial charge in [0.15, 0.2) is 11.5 Å². The van der Waals surface area contributed by atoms with Crippen LogP contribution in [0.4, 0.5) is 0 Å². The Hall–Kier alpha value is -3.11. The maximum atomic E-state index is 6.03. The first-order chi connectivity index (χ1) is 16.7. The van der Waals surface area contributed by atoms with Gasteiger partial charge in [-0.3, -0.25) is 4.90 Å². The van der Waals surface area contributed by atoms with Crippen LogP contribution >= 0.6 is 0 Å². The van der Waals surface area contributed by atoms with Crippen LogP contribution in [0.25, 0.3) is 32.9 Å². The van der Waals surface area contributed by atoms with Crippen LogP contribution in [0, 0.1) is 0 Å². The molecule has 1 aliphatic rings. The number of hydrogen-bond acceptors (Lipinski definition) is 4. The zero-order valence-electron chi connectivity index (χ0n) is 20.6. The fourth-order valence-electron chi connectivity index (χ4n) is 5.15. The van der Waals surface area contributed by atoms with Gasteiger partial charge in [0, 0.05) is 24.0 Å². The second-order valence-corrected chi connectivity index (χ2v) is 9.14. The zero-order chi connectivity index (χ0) is 23.5. The minimum absolute atomic E-state index is 0.714. The number of likely N-dealkylation sites (N-methyl/N-ethyl adjacent to an activating group) is 1. The van der Waals surface area contributed by atoms with Crippen molar-refractivity contribution >= 4 is 21.7 Å². The van der Waals surface area contributed by atoms with E-state index in [1.165, 1.54) is 40.1 Å². The molecule has 0 aliphatic carbocycles. The molecule has 176 valence electrons. The zero-order valence-corrected chi connectivity index (χ0v) is 20.6. The standard InChI is InChI=1S/C30H34N2O2/c1-4-6-9-18-34-27-15-13-22(19-28(27)33-3)30-25-20-32(5-2)17-16-24(25)29-23-11-8-7-10-21(23)12-14-26(29)31-30/h7-8,10-15,19H,4-6,9,16-18,20H2,1-3H3. The second-order valence-electron chi connectivity index (χ2n) is 9.14. The van der Waals surface area contributed by atoms with E-state index in [9.17, 15) is 0 Å². The topological polar surface area (TPSA) is 34.6 Å². The number of fused-ring (bicyclic) bond motifs is 5. The van der Waals surface area contributed by atoms with Gasteiger partial charge in [0.2, 0.25) is 0 Å². The van der Waals surface area contributed by atoms with Crippen LogP contribution in [0.1, 0.15) is 44.2 Å². The number of unbranched alkanes of at least 4 members (excludes halogenated alkanes) is 2. The van der Waals surface area contributed by atoms with Gasteiger partial charge >= 0.3 is 0 Å². The fraction of sp³-hybridized carbons (Fsp3) is 0.367. The van der Waals surface area contributed by atoms with Gasteiger partial charge in [-0.1, -0.05) is 57.0 Å². The van der Waals surface area contributed by atoms with Crippen LogP contribution in [0.15, 0.2) is 54.6 Å². The molecule has 34 heavy (non-hydrogen) atoms. The lowest BCUT2D eigenvalue weighted by Crippen LogP contribution is -2.31. The Kier molecular flexibility index (Phi) is 6.68. The molecule has 4 heteroatoms. The van der Waals surface area contributed by atoms with Crippen LogP contribution in [0.2, 0.25) is 0 Å². The summed E-state index contributed by atoms with van der Waals surface area (Å²) < 4.78 is 11.8. The molecule has 0 atom stereocenters. The van der Waals surface area contributed by atoms with Crippen molar-refractivity contribution in [1.29, 1.82) is 0 Å². The molecule has 1 aliphatic heterocycles. The summed E-state index contributed by atoms with van der Waals surface area (Å²) in [6, 6.07) is 19.3. The molecule has 2 heterocycles. The number of rotatable bonds is 8. The number of benzene rings is 3. The molecule has 0 radical (unpaired) electrons. The smallest absolute Gasteiger partial charge is 0.161 e. The van der Waals surface area contributed by atoms with E-state index in [4.69, 9.17) is 14.5 Å². The summed E-state index contributed by atoms with van der Waals surface area (Å²) in [5.41, 5.74) is 6.00. The summed E-state index contributed by atoms with van der Waals surface area (Å²) in [5, 5.41) is 3.89. The molecule has 0 fully saturated rings. The normalized spacial score (nSPS) is 13.9. The second kappa shape index (κ2) is 10.0. The van der Waals surface area contributed by atoms with E-state index < -0.39 is 0 Å². The molecule has 4 aromatic rings. The average Bonchev–Trinajstić information content (AvgIpc) is 2.90. The molecule has 0 bridgehead atoms. The SMILES string of the molecule is CCCCCOc1ccc(-c2nc3ccc4ccccc4c3c3c2CN(CC)CC3)cc1OC. The van der Waals surface area contributed by atoms with Crippen LogP contribution in [-0.2, 0) is 13.0 Å². The Bertz CT molecular complexity index is 1310. The Morgan fingerprint density at radius 2 is 1.82 bits per heavy atom. The highest BCUT2D eigenvalue weighted by Crippen LogP contribution is 2.39. The van der Waals surface area contributed by atoms with E-state index >= 15 is 0 Å². The molecule has 0 spiro atoms. The molecule has 0 N–H and O–H groups in total. The van der Waals surface area contributed by atoms with E-state index in [1.54, 1.807) is 7.11 Å². The van der Waals surface area contributed by atoms with E-state index in [1.807, 2.05) is 6.07 Å². The van der Waals surface area contributed by atoms with E-state index in [0.29, 0.717) is 6.61 Å². The number of hydrogen-bond donors (Lipinski definition) is 0. The van der Waals surface area contributed by atoms with Crippen molar-refractivity contribution in [3.05, 3.63) is 65.7 Å². The number of ether oxygens (including phenoxy) is 2. The highest BCUT2D eigenvalue weighted by molar-refractivity contribution is 6.09. The highest BCUT2D eigenvalue weighted by atomic mass is 16.5. The lowest BCUT2D eigenvalue weighted by Gasteiger charge is -2.30. The maximum absolute atomic E-state index is 6.03. The first kappa shape index (κ1) is 22.7.